The zero-order valence-electron chi connectivity index (χ0n) is 11.5. The molecule has 3 heterocycles. The third-order valence-corrected chi connectivity index (χ3v) is 4.14. The summed E-state index contributed by atoms with van der Waals surface area (Å²) >= 11 is 0. The van der Waals surface area contributed by atoms with Crippen molar-refractivity contribution >= 4 is 5.95 Å². The molecule has 2 atom stereocenters. The Morgan fingerprint density at radius 1 is 1.44 bits per heavy atom. The van der Waals surface area contributed by atoms with E-state index in [1.165, 1.54) is 31.9 Å². The number of piperidine rings is 1. The van der Waals surface area contributed by atoms with Crippen LogP contribution in [0.2, 0.25) is 0 Å². The van der Waals surface area contributed by atoms with Gasteiger partial charge in [-0.15, -0.1) is 0 Å². The van der Waals surface area contributed by atoms with Gasteiger partial charge < -0.3 is 14.8 Å². The van der Waals surface area contributed by atoms with Gasteiger partial charge in [0.1, 0.15) is 0 Å². The molecule has 3 rings (SSSR count). The lowest BCUT2D eigenvalue weighted by atomic mass is 9.94. The van der Waals surface area contributed by atoms with Crippen LogP contribution in [0.1, 0.15) is 26.7 Å². The van der Waals surface area contributed by atoms with Crippen molar-refractivity contribution in [2.75, 3.05) is 24.5 Å². The summed E-state index contributed by atoms with van der Waals surface area (Å²) < 4.78 is 2.31. The maximum Gasteiger partial charge on any atom is 0.205 e. The van der Waals surface area contributed by atoms with Crippen LogP contribution < -0.4 is 10.2 Å². The summed E-state index contributed by atoms with van der Waals surface area (Å²) in [4.78, 5) is 7.04. The number of anilines is 1. The molecule has 2 aliphatic rings. The van der Waals surface area contributed by atoms with Crippen molar-refractivity contribution in [1.82, 2.24) is 14.9 Å². The first-order valence-electron chi connectivity index (χ1n) is 7.23. The third-order valence-electron chi connectivity index (χ3n) is 4.14. The van der Waals surface area contributed by atoms with Crippen LogP contribution in [-0.4, -0.2) is 35.2 Å². The average molecular weight is 248 g/mol. The molecule has 1 aromatic rings. The van der Waals surface area contributed by atoms with Gasteiger partial charge in [-0.1, -0.05) is 13.8 Å². The second-order valence-corrected chi connectivity index (χ2v) is 6.14. The first-order chi connectivity index (χ1) is 8.74. The van der Waals surface area contributed by atoms with E-state index in [-0.39, 0.29) is 0 Å². The van der Waals surface area contributed by atoms with Crippen LogP contribution in [0.5, 0.6) is 0 Å². The molecular weight excluding hydrogens is 224 g/mol. The molecule has 0 aliphatic carbocycles. The first-order valence-corrected chi connectivity index (χ1v) is 7.23. The Morgan fingerprint density at radius 3 is 3.11 bits per heavy atom. The Kier molecular flexibility index (Phi) is 3.29. The Balaban J connectivity index is 1.73. The summed E-state index contributed by atoms with van der Waals surface area (Å²) in [6.07, 6.45) is 6.76. The molecule has 2 aliphatic heterocycles. The molecule has 18 heavy (non-hydrogen) atoms. The van der Waals surface area contributed by atoms with E-state index in [1.54, 1.807) is 0 Å². The first kappa shape index (κ1) is 12.0. The minimum absolute atomic E-state index is 0.668. The van der Waals surface area contributed by atoms with Gasteiger partial charge in [-0.3, -0.25) is 0 Å². The fraction of sp³-hybridized carbons (Fsp3) is 0.786. The Bertz CT molecular complexity index is 384. The molecule has 1 N–H and O–H groups in total. The fourth-order valence-electron chi connectivity index (χ4n) is 3.33. The number of fused-ring (bicyclic) bond motifs is 1. The quantitative estimate of drug-likeness (QED) is 0.884. The van der Waals surface area contributed by atoms with Gasteiger partial charge in [0, 0.05) is 38.1 Å². The maximum atomic E-state index is 4.57. The zero-order valence-corrected chi connectivity index (χ0v) is 11.5. The lowest BCUT2D eigenvalue weighted by molar-refractivity contribution is 0.340. The molecule has 2 saturated heterocycles. The smallest absolute Gasteiger partial charge is 0.205 e. The van der Waals surface area contributed by atoms with Crippen molar-refractivity contribution in [3.63, 3.8) is 0 Å². The number of aromatic nitrogens is 2. The summed E-state index contributed by atoms with van der Waals surface area (Å²) in [6.45, 7) is 9.07. The fourth-order valence-corrected chi connectivity index (χ4v) is 3.33. The van der Waals surface area contributed by atoms with Crippen LogP contribution in [-0.2, 0) is 6.54 Å². The van der Waals surface area contributed by atoms with Gasteiger partial charge in [0.2, 0.25) is 5.95 Å². The van der Waals surface area contributed by atoms with Crippen molar-refractivity contribution < 1.29 is 0 Å². The summed E-state index contributed by atoms with van der Waals surface area (Å²) in [5.41, 5.74) is 0. The monoisotopic (exact) mass is 248 g/mol. The van der Waals surface area contributed by atoms with E-state index in [0.717, 1.165) is 19.0 Å². The van der Waals surface area contributed by atoms with Crippen LogP contribution in [0.4, 0.5) is 5.95 Å². The van der Waals surface area contributed by atoms with Crippen molar-refractivity contribution in [2.24, 2.45) is 11.8 Å². The molecule has 0 saturated carbocycles. The van der Waals surface area contributed by atoms with E-state index in [1.807, 2.05) is 6.20 Å². The molecule has 0 bridgehead atoms. The van der Waals surface area contributed by atoms with Crippen LogP contribution in [0, 0.1) is 11.8 Å². The third kappa shape index (κ3) is 2.26. The van der Waals surface area contributed by atoms with Crippen molar-refractivity contribution in [3.8, 4) is 0 Å². The largest absolute Gasteiger partial charge is 0.340 e. The Morgan fingerprint density at radius 2 is 2.33 bits per heavy atom. The number of hydrogen-bond acceptors (Lipinski definition) is 3. The van der Waals surface area contributed by atoms with Crippen LogP contribution in [0.25, 0.3) is 0 Å². The number of nitrogens with one attached hydrogen (secondary N) is 1. The topological polar surface area (TPSA) is 33.1 Å². The second-order valence-electron chi connectivity index (χ2n) is 6.14. The molecule has 1 aromatic heterocycles. The van der Waals surface area contributed by atoms with Gasteiger partial charge >= 0.3 is 0 Å². The van der Waals surface area contributed by atoms with Crippen LogP contribution in [0.3, 0.4) is 0 Å². The van der Waals surface area contributed by atoms with E-state index in [2.05, 4.69) is 39.8 Å². The number of hydrogen-bond donors (Lipinski definition) is 1. The van der Waals surface area contributed by atoms with E-state index in [9.17, 15) is 0 Å². The SMILES string of the molecule is CC(C)Cn1ccnc1N1C[C@@H]2CCCN[C@@H]2C1. The molecule has 0 aromatic carbocycles. The van der Waals surface area contributed by atoms with E-state index < -0.39 is 0 Å². The lowest BCUT2D eigenvalue weighted by Crippen LogP contribution is -2.40. The number of imidazole rings is 1. The van der Waals surface area contributed by atoms with E-state index in [0.29, 0.717) is 12.0 Å². The predicted octanol–water partition coefficient (Wildman–Crippen LogP) is 1.73. The average Bonchev–Trinajstić information content (AvgIpc) is 2.93. The van der Waals surface area contributed by atoms with Gasteiger partial charge in [-0.05, 0) is 31.2 Å². The number of nitrogens with zero attached hydrogens (tertiary/aromatic N) is 3. The van der Waals surface area contributed by atoms with Gasteiger partial charge in [0.15, 0.2) is 0 Å². The van der Waals surface area contributed by atoms with Gasteiger partial charge in [0.05, 0.1) is 0 Å². The lowest BCUT2D eigenvalue weighted by Gasteiger charge is -2.24. The minimum Gasteiger partial charge on any atom is -0.340 e. The zero-order chi connectivity index (χ0) is 12.5. The van der Waals surface area contributed by atoms with Crippen molar-refractivity contribution in [3.05, 3.63) is 12.4 Å². The summed E-state index contributed by atoms with van der Waals surface area (Å²) in [5.74, 6) is 2.66. The van der Waals surface area contributed by atoms with E-state index in [4.69, 9.17) is 0 Å². The van der Waals surface area contributed by atoms with Gasteiger partial charge in [-0.2, -0.15) is 0 Å². The summed E-state index contributed by atoms with van der Waals surface area (Å²) in [7, 11) is 0. The van der Waals surface area contributed by atoms with Gasteiger partial charge in [-0.25, -0.2) is 4.98 Å². The van der Waals surface area contributed by atoms with Gasteiger partial charge in [0.25, 0.3) is 0 Å². The normalized spacial score (nSPS) is 27.8. The highest BCUT2D eigenvalue weighted by Gasteiger charge is 2.35. The molecule has 0 unspecified atom stereocenters. The highest BCUT2D eigenvalue weighted by Crippen LogP contribution is 2.28. The molecule has 100 valence electrons. The van der Waals surface area contributed by atoms with Crippen LogP contribution in [0.15, 0.2) is 12.4 Å². The highest BCUT2D eigenvalue weighted by atomic mass is 15.3. The molecule has 2 fully saturated rings. The number of rotatable bonds is 3. The predicted molar refractivity (Wildman–Crippen MR) is 73.8 cm³/mol. The minimum atomic E-state index is 0.668. The second kappa shape index (κ2) is 4.92. The maximum absolute atomic E-state index is 4.57. The molecule has 4 nitrogen and oxygen atoms in total. The molecule has 4 heteroatoms. The molecule has 0 amide bonds. The van der Waals surface area contributed by atoms with Crippen LogP contribution >= 0.6 is 0 Å². The standard InChI is InChI=1S/C14H24N4/c1-11(2)8-17-7-6-16-14(17)18-9-12-4-3-5-15-13(12)10-18/h6-7,11-13,15H,3-5,8-10H2,1-2H3/t12-,13+/m0/s1. The van der Waals surface area contributed by atoms with E-state index >= 15 is 0 Å². The van der Waals surface area contributed by atoms with Crippen molar-refractivity contribution in [1.29, 1.82) is 0 Å². The van der Waals surface area contributed by atoms with Crippen molar-refractivity contribution in [2.45, 2.75) is 39.3 Å². The Hall–Kier alpha value is -1.03. The Labute approximate surface area is 109 Å². The molecular formula is C14H24N4. The summed E-state index contributed by atoms with van der Waals surface area (Å²) in [5, 5.41) is 3.65. The highest BCUT2D eigenvalue weighted by molar-refractivity contribution is 5.34. The molecule has 0 radical (unpaired) electrons. The summed E-state index contributed by atoms with van der Waals surface area (Å²) in [6, 6.07) is 0.683. The molecule has 0 spiro atoms.